The van der Waals surface area contributed by atoms with E-state index in [1.807, 2.05) is 12.1 Å². The second kappa shape index (κ2) is 5.56. The lowest BCUT2D eigenvalue weighted by Gasteiger charge is -2.16. The van der Waals surface area contributed by atoms with E-state index < -0.39 is 0 Å². The number of ether oxygens (including phenoxy) is 3. The van der Waals surface area contributed by atoms with Gasteiger partial charge in [0.05, 0.1) is 21.3 Å². The maximum Gasteiger partial charge on any atom is 0.203 e. The first-order valence-corrected chi connectivity index (χ1v) is 6.94. The molecule has 0 atom stereocenters. The fraction of sp³-hybridized carbons (Fsp3) is 0.294. The predicted molar refractivity (Wildman–Crippen MR) is 83.7 cm³/mol. The Morgan fingerprint density at radius 2 is 1.71 bits per heavy atom. The molecule has 0 saturated heterocycles. The van der Waals surface area contributed by atoms with Gasteiger partial charge in [-0.3, -0.25) is 0 Å². The van der Waals surface area contributed by atoms with Crippen LogP contribution in [0, 0.1) is 0 Å². The average Bonchev–Trinajstić information content (AvgIpc) is 3.00. The Balaban J connectivity index is 2.14. The van der Waals surface area contributed by atoms with Crippen molar-refractivity contribution in [2.45, 2.75) is 6.42 Å². The Hall–Kier alpha value is -2.36. The maximum absolute atomic E-state index is 5.56. The topological polar surface area (TPSA) is 39.7 Å². The highest BCUT2D eigenvalue weighted by atomic mass is 16.5. The molecule has 0 bridgehead atoms. The van der Waals surface area contributed by atoms with Crippen molar-refractivity contribution in [3.63, 3.8) is 0 Å². The number of anilines is 1. The molecule has 0 unspecified atom stereocenters. The summed E-state index contributed by atoms with van der Waals surface area (Å²) in [7, 11) is 4.89. The Morgan fingerprint density at radius 3 is 2.43 bits per heavy atom. The number of methoxy groups -OCH3 is 3. The van der Waals surface area contributed by atoms with E-state index in [4.69, 9.17) is 14.2 Å². The summed E-state index contributed by atoms with van der Waals surface area (Å²) < 4.78 is 16.3. The fourth-order valence-electron chi connectivity index (χ4n) is 2.79. The zero-order valence-electron chi connectivity index (χ0n) is 12.5. The third-order valence-electron chi connectivity index (χ3n) is 3.83. The van der Waals surface area contributed by atoms with E-state index in [9.17, 15) is 0 Å². The molecule has 0 saturated carbocycles. The number of benzene rings is 2. The summed E-state index contributed by atoms with van der Waals surface area (Å²) in [5.74, 6) is 1.97. The lowest BCUT2D eigenvalue weighted by atomic mass is 10.0. The van der Waals surface area contributed by atoms with Gasteiger partial charge < -0.3 is 19.5 Å². The Labute approximate surface area is 124 Å². The highest BCUT2D eigenvalue weighted by Gasteiger charge is 2.18. The highest BCUT2D eigenvalue weighted by molar-refractivity contribution is 5.79. The molecular formula is C17H19NO3. The molecule has 0 amide bonds. The van der Waals surface area contributed by atoms with Gasteiger partial charge in [-0.05, 0) is 35.7 Å². The molecule has 1 N–H and O–H groups in total. The Bertz CT molecular complexity index is 667. The van der Waals surface area contributed by atoms with Crippen LogP contribution in [0.15, 0.2) is 30.3 Å². The standard InChI is InChI=1S/C17H19NO3/c1-19-15-7-6-13(16(20-2)17(15)21-3)12-5-4-11-8-9-18-14(11)10-12/h4-7,10,18H,8-9H2,1-3H3. The van der Waals surface area contributed by atoms with Crippen LogP contribution in [0.1, 0.15) is 5.56 Å². The van der Waals surface area contributed by atoms with E-state index in [-0.39, 0.29) is 0 Å². The summed E-state index contributed by atoms with van der Waals surface area (Å²) in [5, 5.41) is 3.40. The smallest absolute Gasteiger partial charge is 0.203 e. The molecule has 3 rings (SSSR count). The summed E-state index contributed by atoms with van der Waals surface area (Å²) in [6.07, 6.45) is 1.08. The van der Waals surface area contributed by atoms with Crippen LogP contribution < -0.4 is 19.5 Å². The van der Waals surface area contributed by atoms with Crippen molar-refractivity contribution < 1.29 is 14.2 Å². The molecule has 110 valence electrons. The summed E-state index contributed by atoms with van der Waals surface area (Å²) >= 11 is 0. The first-order valence-electron chi connectivity index (χ1n) is 6.94. The first-order chi connectivity index (χ1) is 10.3. The van der Waals surface area contributed by atoms with E-state index >= 15 is 0 Å². The third-order valence-corrected chi connectivity index (χ3v) is 3.83. The summed E-state index contributed by atoms with van der Waals surface area (Å²) in [5.41, 5.74) is 4.65. The molecule has 21 heavy (non-hydrogen) atoms. The number of fused-ring (bicyclic) bond motifs is 1. The summed E-state index contributed by atoms with van der Waals surface area (Å²) in [6, 6.07) is 10.3. The SMILES string of the molecule is COc1ccc(-c2ccc3c(c2)NCC3)c(OC)c1OC. The van der Waals surface area contributed by atoms with E-state index in [0.29, 0.717) is 17.2 Å². The Kier molecular flexibility index (Phi) is 3.60. The van der Waals surface area contributed by atoms with Gasteiger partial charge in [-0.25, -0.2) is 0 Å². The molecule has 4 nitrogen and oxygen atoms in total. The maximum atomic E-state index is 5.56. The molecule has 1 aliphatic heterocycles. The second-order valence-corrected chi connectivity index (χ2v) is 4.93. The van der Waals surface area contributed by atoms with Crippen LogP contribution in [-0.4, -0.2) is 27.9 Å². The monoisotopic (exact) mass is 285 g/mol. The number of rotatable bonds is 4. The van der Waals surface area contributed by atoms with Crippen molar-refractivity contribution >= 4 is 5.69 Å². The number of hydrogen-bond acceptors (Lipinski definition) is 4. The van der Waals surface area contributed by atoms with Crippen LogP contribution in [0.5, 0.6) is 17.2 Å². The summed E-state index contributed by atoms with van der Waals surface area (Å²) in [4.78, 5) is 0. The Morgan fingerprint density at radius 1 is 0.905 bits per heavy atom. The quantitative estimate of drug-likeness (QED) is 0.935. The van der Waals surface area contributed by atoms with Crippen LogP contribution in [0.3, 0.4) is 0 Å². The minimum atomic E-state index is 0.617. The van der Waals surface area contributed by atoms with Gasteiger partial charge in [-0.2, -0.15) is 0 Å². The number of nitrogens with one attached hydrogen (secondary N) is 1. The van der Waals surface area contributed by atoms with Crippen LogP contribution in [0.4, 0.5) is 5.69 Å². The largest absolute Gasteiger partial charge is 0.493 e. The van der Waals surface area contributed by atoms with Crippen molar-refractivity contribution in [1.82, 2.24) is 0 Å². The molecule has 0 aromatic heterocycles. The zero-order chi connectivity index (χ0) is 14.8. The minimum absolute atomic E-state index is 0.617. The van der Waals surface area contributed by atoms with E-state index in [0.717, 1.165) is 24.1 Å². The normalized spacial score (nSPS) is 12.5. The van der Waals surface area contributed by atoms with Crippen molar-refractivity contribution in [3.05, 3.63) is 35.9 Å². The van der Waals surface area contributed by atoms with Crippen LogP contribution in [-0.2, 0) is 6.42 Å². The first kappa shape index (κ1) is 13.6. The van der Waals surface area contributed by atoms with Gasteiger partial charge in [-0.1, -0.05) is 12.1 Å². The van der Waals surface area contributed by atoms with Crippen molar-refractivity contribution in [3.8, 4) is 28.4 Å². The van der Waals surface area contributed by atoms with Crippen LogP contribution in [0.25, 0.3) is 11.1 Å². The van der Waals surface area contributed by atoms with Gasteiger partial charge >= 0.3 is 0 Å². The lowest BCUT2D eigenvalue weighted by Crippen LogP contribution is -1.97. The molecule has 4 heteroatoms. The van der Waals surface area contributed by atoms with Gasteiger partial charge in [0.25, 0.3) is 0 Å². The number of hydrogen-bond donors (Lipinski definition) is 1. The fourth-order valence-corrected chi connectivity index (χ4v) is 2.79. The van der Waals surface area contributed by atoms with Gasteiger partial charge in [0.2, 0.25) is 5.75 Å². The molecule has 1 heterocycles. The zero-order valence-corrected chi connectivity index (χ0v) is 12.5. The van der Waals surface area contributed by atoms with Crippen molar-refractivity contribution in [2.75, 3.05) is 33.2 Å². The van der Waals surface area contributed by atoms with E-state index in [2.05, 4.69) is 23.5 Å². The van der Waals surface area contributed by atoms with Gasteiger partial charge in [-0.15, -0.1) is 0 Å². The molecule has 0 aliphatic carbocycles. The molecule has 0 fully saturated rings. The molecule has 2 aromatic carbocycles. The lowest BCUT2D eigenvalue weighted by molar-refractivity contribution is 0.325. The van der Waals surface area contributed by atoms with E-state index in [1.54, 1.807) is 21.3 Å². The second-order valence-electron chi connectivity index (χ2n) is 4.93. The van der Waals surface area contributed by atoms with Gasteiger partial charge in [0.15, 0.2) is 11.5 Å². The van der Waals surface area contributed by atoms with Gasteiger partial charge in [0, 0.05) is 17.8 Å². The summed E-state index contributed by atoms with van der Waals surface area (Å²) in [6.45, 7) is 1.00. The van der Waals surface area contributed by atoms with E-state index in [1.165, 1.54) is 11.3 Å². The highest BCUT2D eigenvalue weighted by Crippen LogP contribution is 2.45. The molecule has 0 radical (unpaired) electrons. The molecule has 0 spiro atoms. The van der Waals surface area contributed by atoms with Gasteiger partial charge in [0.1, 0.15) is 0 Å². The predicted octanol–water partition coefficient (Wildman–Crippen LogP) is 3.35. The van der Waals surface area contributed by atoms with Crippen LogP contribution in [0.2, 0.25) is 0 Å². The van der Waals surface area contributed by atoms with Crippen LogP contribution >= 0.6 is 0 Å². The van der Waals surface area contributed by atoms with Crippen molar-refractivity contribution in [1.29, 1.82) is 0 Å². The van der Waals surface area contributed by atoms with Crippen molar-refractivity contribution in [2.24, 2.45) is 0 Å². The minimum Gasteiger partial charge on any atom is -0.493 e. The third kappa shape index (κ3) is 2.27. The molecule has 1 aliphatic rings. The average molecular weight is 285 g/mol. The molecular weight excluding hydrogens is 266 g/mol. The molecule has 2 aromatic rings.